The largest absolute Gasteiger partial charge is 0.392 e. The molecule has 1 aliphatic rings. The van der Waals surface area contributed by atoms with Crippen LogP contribution in [0.3, 0.4) is 0 Å². The summed E-state index contributed by atoms with van der Waals surface area (Å²) in [7, 11) is 0. The minimum Gasteiger partial charge on any atom is -0.392 e. The third kappa shape index (κ3) is 2.01. The van der Waals surface area contributed by atoms with Crippen molar-refractivity contribution >= 4 is 33.3 Å². The van der Waals surface area contributed by atoms with Crippen LogP contribution in [-0.2, 0) is 16.2 Å². The zero-order chi connectivity index (χ0) is 11.7. The van der Waals surface area contributed by atoms with Gasteiger partial charge in [0, 0.05) is 15.7 Å². The zero-order valence-electron chi connectivity index (χ0n) is 8.44. The van der Waals surface area contributed by atoms with E-state index in [4.69, 9.17) is 0 Å². The van der Waals surface area contributed by atoms with Gasteiger partial charge in [-0.15, -0.1) is 0 Å². The number of rotatable bonds is 2. The number of carbonyl (C=O) groups is 2. The summed E-state index contributed by atoms with van der Waals surface area (Å²) in [6.07, 6.45) is -0.0407. The quantitative estimate of drug-likeness (QED) is 0.831. The van der Waals surface area contributed by atoms with Gasteiger partial charge in [0.2, 0.25) is 5.91 Å². The highest BCUT2D eigenvalue weighted by atomic mass is 79.9. The number of aliphatic hydroxyl groups is 1. The summed E-state index contributed by atoms with van der Waals surface area (Å²) in [6.45, 7) is -0.0553. The topological polar surface area (TPSA) is 57.6 Å². The van der Waals surface area contributed by atoms with E-state index in [9.17, 15) is 14.7 Å². The monoisotopic (exact) mass is 283 g/mol. The Morgan fingerprint density at radius 2 is 2.12 bits per heavy atom. The second-order valence-corrected chi connectivity index (χ2v) is 4.54. The lowest BCUT2D eigenvalue weighted by molar-refractivity contribution is -0.121. The maximum atomic E-state index is 11.5. The fraction of sp³-hybridized carbons (Fsp3) is 0.273. The smallest absolute Gasteiger partial charge is 0.234 e. The molecule has 16 heavy (non-hydrogen) atoms. The Balaban J connectivity index is 2.40. The van der Waals surface area contributed by atoms with E-state index in [1.165, 1.54) is 4.90 Å². The number of carbonyl (C=O) groups excluding carboxylic acids is 2. The summed E-state index contributed by atoms with van der Waals surface area (Å²) >= 11 is 3.29. The maximum absolute atomic E-state index is 11.5. The fourth-order valence-electron chi connectivity index (χ4n) is 1.75. The minimum absolute atomic E-state index is 0.0407. The van der Waals surface area contributed by atoms with E-state index < -0.39 is 0 Å². The number of benzene rings is 1. The van der Waals surface area contributed by atoms with Crippen LogP contribution in [0.5, 0.6) is 0 Å². The molecule has 0 saturated carbocycles. The number of nitrogens with zero attached hydrogens (tertiary/aromatic N) is 1. The molecule has 0 aromatic heterocycles. The van der Waals surface area contributed by atoms with Gasteiger partial charge in [0.15, 0.2) is 5.78 Å². The normalized spacial score (nSPS) is 16.0. The zero-order valence-corrected chi connectivity index (χ0v) is 10.0. The second-order valence-electron chi connectivity index (χ2n) is 3.63. The van der Waals surface area contributed by atoms with Gasteiger partial charge in [-0.25, -0.2) is 0 Å². The molecule has 1 amide bonds. The lowest BCUT2D eigenvalue weighted by Gasteiger charge is -2.18. The molecule has 0 spiro atoms. The van der Waals surface area contributed by atoms with Crippen LogP contribution in [0.2, 0.25) is 0 Å². The summed E-state index contributed by atoms with van der Waals surface area (Å²) in [6, 6.07) is 5.25. The minimum atomic E-state index is -0.206. The first kappa shape index (κ1) is 11.3. The molecular formula is C11H10BrNO3. The van der Waals surface area contributed by atoms with Crippen LogP contribution in [-0.4, -0.2) is 23.3 Å². The number of amides is 1. The summed E-state index contributed by atoms with van der Waals surface area (Å²) in [5, 5.41) is 9.21. The number of aliphatic hydroxyl groups excluding tert-OH is 1. The highest BCUT2D eigenvalue weighted by molar-refractivity contribution is 9.10. The van der Waals surface area contributed by atoms with Crippen molar-refractivity contribution in [2.24, 2.45) is 0 Å². The van der Waals surface area contributed by atoms with Gasteiger partial charge in [0.25, 0.3) is 0 Å². The van der Waals surface area contributed by atoms with E-state index in [1.54, 1.807) is 18.2 Å². The van der Waals surface area contributed by atoms with Crippen molar-refractivity contribution in [1.82, 2.24) is 0 Å². The second kappa shape index (κ2) is 4.35. The van der Waals surface area contributed by atoms with Crippen molar-refractivity contribution in [3.8, 4) is 0 Å². The lowest BCUT2D eigenvalue weighted by Crippen LogP contribution is -2.25. The van der Waals surface area contributed by atoms with Crippen LogP contribution < -0.4 is 4.90 Å². The lowest BCUT2D eigenvalue weighted by atomic mass is 10.1. The molecule has 1 N–H and O–H groups in total. The molecule has 1 aromatic carbocycles. The molecule has 1 aliphatic heterocycles. The Hall–Kier alpha value is -1.20. The predicted octanol–water partition coefficient (Wildman–Crippen LogP) is 1.25. The fourth-order valence-corrected chi connectivity index (χ4v) is 2.16. The summed E-state index contributed by atoms with van der Waals surface area (Å²) < 4.78 is 0.832. The number of hydrogen-bond acceptors (Lipinski definition) is 3. The Labute approximate surface area is 101 Å². The molecule has 0 aliphatic carbocycles. The Kier molecular flexibility index (Phi) is 3.07. The van der Waals surface area contributed by atoms with Crippen molar-refractivity contribution in [3.05, 3.63) is 28.2 Å². The third-order valence-corrected chi connectivity index (χ3v) is 2.98. The molecule has 1 fully saturated rings. The van der Waals surface area contributed by atoms with Gasteiger partial charge >= 0.3 is 0 Å². The average molecular weight is 284 g/mol. The summed E-state index contributed by atoms with van der Waals surface area (Å²) in [5.74, 6) is -0.293. The molecule has 1 aromatic rings. The first-order chi connectivity index (χ1) is 7.61. The van der Waals surface area contributed by atoms with Crippen molar-refractivity contribution in [3.63, 3.8) is 0 Å². The predicted molar refractivity (Wildman–Crippen MR) is 62.0 cm³/mol. The molecule has 0 atom stereocenters. The van der Waals surface area contributed by atoms with Gasteiger partial charge in [0.1, 0.15) is 0 Å². The number of ketones is 1. The first-order valence-electron chi connectivity index (χ1n) is 4.83. The molecule has 0 radical (unpaired) electrons. The average Bonchev–Trinajstić information content (AvgIpc) is 2.57. The van der Waals surface area contributed by atoms with Gasteiger partial charge in [0.05, 0.1) is 19.6 Å². The van der Waals surface area contributed by atoms with Crippen molar-refractivity contribution in [2.75, 3.05) is 11.4 Å². The number of hydrogen-bond donors (Lipinski definition) is 1. The highest BCUT2D eigenvalue weighted by Crippen LogP contribution is 2.27. The van der Waals surface area contributed by atoms with Crippen LogP contribution in [0.1, 0.15) is 12.0 Å². The van der Waals surface area contributed by atoms with Gasteiger partial charge in [-0.3, -0.25) is 9.59 Å². The van der Waals surface area contributed by atoms with Crippen LogP contribution >= 0.6 is 15.9 Å². The van der Waals surface area contributed by atoms with E-state index in [1.807, 2.05) is 0 Å². The van der Waals surface area contributed by atoms with E-state index in [0.717, 1.165) is 4.47 Å². The molecule has 1 heterocycles. The Bertz CT molecular complexity index is 459. The maximum Gasteiger partial charge on any atom is 0.234 e. The molecule has 0 unspecified atom stereocenters. The van der Waals surface area contributed by atoms with Crippen LogP contribution in [0.4, 0.5) is 5.69 Å². The molecule has 1 saturated heterocycles. The third-order valence-electron chi connectivity index (χ3n) is 2.49. The van der Waals surface area contributed by atoms with Gasteiger partial charge in [-0.05, 0) is 18.2 Å². The molecule has 0 bridgehead atoms. The van der Waals surface area contributed by atoms with Crippen molar-refractivity contribution in [2.45, 2.75) is 13.0 Å². The molecule has 84 valence electrons. The van der Waals surface area contributed by atoms with Crippen LogP contribution in [0, 0.1) is 0 Å². The standard InChI is InChI=1S/C11H10BrNO3/c12-8-1-2-10(7(3-8)6-14)13-5-9(15)4-11(13)16/h1-3,14H,4-6H2. The van der Waals surface area contributed by atoms with Gasteiger partial charge < -0.3 is 10.0 Å². The Morgan fingerprint density at radius 3 is 2.69 bits per heavy atom. The molecule has 2 rings (SSSR count). The van der Waals surface area contributed by atoms with Gasteiger partial charge in [-0.1, -0.05) is 15.9 Å². The van der Waals surface area contributed by atoms with Crippen molar-refractivity contribution < 1.29 is 14.7 Å². The van der Waals surface area contributed by atoms with E-state index >= 15 is 0 Å². The van der Waals surface area contributed by atoms with Crippen LogP contribution in [0.25, 0.3) is 0 Å². The van der Waals surface area contributed by atoms with Crippen LogP contribution in [0.15, 0.2) is 22.7 Å². The molecule has 5 heteroatoms. The highest BCUT2D eigenvalue weighted by Gasteiger charge is 2.29. The SMILES string of the molecule is O=C1CC(=O)N(c2ccc(Br)cc2CO)C1. The van der Waals surface area contributed by atoms with E-state index in [0.29, 0.717) is 11.3 Å². The number of halogens is 1. The van der Waals surface area contributed by atoms with E-state index in [-0.39, 0.29) is 31.3 Å². The summed E-state index contributed by atoms with van der Waals surface area (Å²) in [5.41, 5.74) is 1.25. The number of anilines is 1. The molecular weight excluding hydrogens is 274 g/mol. The molecule has 4 nitrogen and oxygen atoms in total. The number of Topliss-reactive ketones (excluding diaryl/α,β-unsaturated/α-hetero) is 1. The van der Waals surface area contributed by atoms with Gasteiger partial charge in [-0.2, -0.15) is 0 Å². The summed E-state index contributed by atoms with van der Waals surface area (Å²) in [4.78, 5) is 24.1. The Morgan fingerprint density at radius 1 is 1.38 bits per heavy atom. The first-order valence-corrected chi connectivity index (χ1v) is 5.62. The van der Waals surface area contributed by atoms with E-state index in [2.05, 4.69) is 15.9 Å². The van der Waals surface area contributed by atoms with Crippen molar-refractivity contribution in [1.29, 1.82) is 0 Å².